The zero-order valence-electron chi connectivity index (χ0n) is 11.4. The van der Waals surface area contributed by atoms with Crippen LogP contribution in [0.5, 0.6) is 0 Å². The second-order valence-electron chi connectivity index (χ2n) is 6.44. The molecule has 1 heteroatoms. The maximum absolute atomic E-state index is 9.93. The molecule has 0 radical (unpaired) electrons. The van der Waals surface area contributed by atoms with Gasteiger partial charge in [0.1, 0.15) is 0 Å². The molecule has 0 aliphatic heterocycles. The molecule has 4 atom stereocenters. The first kappa shape index (κ1) is 13.1. The van der Waals surface area contributed by atoms with Crippen LogP contribution in [0.25, 0.3) is 0 Å². The summed E-state index contributed by atoms with van der Waals surface area (Å²) < 4.78 is 0. The van der Waals surface area contributed by atoms with Crippen LogP contribution in [0.1, 0.15) is 52.4 Å². The van der Waals surface area contributed by atoms with E-state index in [4.69, 9.17) is 0 Å². The molecule has 2 rings (SSSR count). The van der Waals surface area contributed by atoms with E-state index >= 15 is 0 Å². The van der Waals surface area contributed by atoms with Gasteiger partial charge in [-0.15, -0.1) is 6.58 Å². The van der Waals surface area contributed by atoms with Crippen molar-refractivity contribution in [2.24, 2.45) is 29.6 Å². The molecular formula is C16H28O. The molecule has 0 saturated heterocycles. The van der Waals surface area contributed by atoms with Gasteiger partial charge >= 0.3 is 0 Å². The standard InChI is InChI=1S/C16H28O/c1-4-13-5-7-14(8-6-13)15-9-10-16(17)12(3)11(15)2/h4,11-17H,1,5-10H2,2-3H3. The maximum Gasteiger partial charge on any atom is 0.0568 e. The predicted molar refractivity (Wildman–Crippen MR) is 72.7 cm³/mol. The van der Waals surface area contributed by atoms with E-state index in [9.17, 15) is 5.11 Å². The Bertz CT molecular complexity index is 252. The van der Waals surface area contributed by atoms with Gasteiger partial charge in [-0.05, 0) is 68.1 Å². The van der Waals surface area contributed by atoms with Crippen molar-refractivity contribution in [3.05, 3.63) is 12.7 Å². The molecule has 0 heterocycles. The fourth-order valence-corrected chi connectivity index (χ4v) is 4.10. The Morgan fingerprint density at radius 2 is 1.59 bits per heavy atom. The van der Waals surface area contributed by atoms with E-state index < -0.39 is 0 Å². The molecular weight excluding hydrogens is 208 g/mol. The van der Waals surface area contributed by atoms with Crippen molar-refractivity contribution in [2.45, 2.75) is 58.5 Å². The summed E-state index contributed by atoms with van der Waals surface area (Å²) in [6.45, 7) is 8.52. The Kier molecular flexibility index (Phi) is 4.30. The van der Waals surface area contributed by atoms with Crippen molar-refractivity contribution in [1.29, 1.82) is 0 Å². The summed E-state index contributed by atoms with van der Waals surface area (Å²) in [5, 5.41) is 9.93. The Labute approximate surface area is 106 Å². The lowest BCUT2D eigenvalue weighted by atomic mass is 9.63. The summed E-state index contributed by atoms with van der Waals surface area (Å²) in [6, 6.07) is 0. The van der Waals surface area contributed by atoms with Crippen molar-refractivity contribution >= 4 is 0 Å². The van der Waals surface area contributed by atoms with Gasteiger partial charge in [0.05, 0.1) is 6.10 Å². The van der Waals surface area contributed by atoms with Gasteiger partial charge in [0.2, 0.25) is 0 Å². The largest absolute Gasteiger partial charge is 0.393 e. The van der Waals surface area contributed by atoms with Crippen LogP contribution in [-0.4, -0.2) is 11.2 Å². The molecule has 98 valence electrons. The van der Waals surface area contributed by atoms with Gasteiger partial charge in [-0.2, -0.15) is 0 Å². The maximum atomic E-state index is 9.93. The first-order valence-corrected chi connectivity index (χ1v) is 7.44. The van der Waals surface area contributed by atoms with Crippen LogP contribution in [0.4, 0.5) is 0 Å². The highest BCUT2D eigenvalue weighted by atomic mass is 16.3. The molecule has 0 bridgehead atoms. The molecule has 0 amide bonds. The van der Waals surface area contributed by atoms with Gasteiger partial charge < -0.3 is 5.11 Å². The summed E-state index contributed by atoms with van der Waals surface area (Å²) in [7, 11) is 0. The van der Waals surface area contributed by atoms with Gasteiger partial charge in [-0.25, -0.2) is 0 Å². The molecule has 0 aromatic heterocycles. The van der Waals surface area contributed by atoms with E-state index in [1.54, 1.807) is 0 Å². The fraction of sp³-hybridized carbons (Fsp3) is 0.875. The highest BCUT2D eigenvalue weighted by Gasteiger charge is 2.37. The summed E-state index contributed by atoms with van der Waals surface area (Å²) >= 11 is 0. The van der Waals surface area contributed by atoms with Crippen molar-refractivity contribution in [2.75, 3.05) is 0 Å². The Hall–Kier alpha value is -0.300. The van der Waals surface area contributed by atoms with Crippen LogP contribution in [0.3, 0.4) is 0 Å². The fourth-order valence-electron chi connectivity index (χ4n) is 4.10. The minimum Gasteiger partial charge on any atom is -0.393 e. The minimum absolute atomic E-state index is 0.0502. The van der Waals surface area contributed by atoms with Crippen LogP contribution < -0.4 is 0 Å². The number of hydrogen-bond donors (Lipinski definition) is 1. The zero-order valence-corrected chi connectivity index (χ0v) is 11.4. The van der Waals surface area contributed by atoms with E-state index in [1.807, 2.05) is 0 Å². The number of rotatable bonds is 2. The van der Waals surface area contributed by atoms with Crippen LogP contribution >= 0.6 is 0 Å². The van der Waals surface area contributed by atoms with Crippen LogP contribution in [0, 0.1) is 29.6 Å². The Morgan fingerprint density at radius 3 is 2.18 bits per heavy atom. The quantitative estimate of drug-likeness (QED) is 0.718. The third-order valence-corrected chi connectivity index (χ3v) is 5.66. The smallest absolute Gasteiger partial charge is 0.0568 e. The summed E-state index contributed by atoms with van der Waals surface area (Å²) in [4.78, 5) is 0. The molecule has 2 aliphatic rings. The molecule has 2 fully saturated rings. The second kappa shape index (κ2) is 5.56. The molecule has 4 unspecified atom stereocenters. The minimum atomic E-state index is -0.0502. The lowest BCUT2D eigenvalue weighted by Gasteiger charge is -2.43. The average Bonchev–Trinajstić information content (AvgIpc) is 2.36. The average molecular weight is 236 g/mol. The normalized spacial score (nSPS) is 47.7. The lowest BCUT2D eigenvalue weighted by molar-refractivity contribution is -0.00756. The highest BCUT2D eigenvalue weighted by Crippen LogP contribution is 2.44. The first-order chi connectivity index (χ1) is 8.13. The van der Waals surface area contributed by atoms with Crippen LogP contribution in [0.15, 0.2) is 12.7 Å². The summed E-state index contributed by atoms with van der Waals surface area (Å²) in [6.07, 6.45) is 9.82. The third-order valence-electron chi connectivity index (χ3n) is 5.66. The molecule has 1 nitrogen and oxygen atoms in total. The summed E-state index contributed by atoms with van der Waals surface area (Å²) in [5.41, 5.74) is 0. The van der Waals surface area contributed by atoms with Gasteiger partial charge in [0, 0.05) is 0 Å². The van der Waals surface area contributed by atoms with E-state index in [0.717, 1.165) is 24.2 Å². The number of aliphatic hydroxyl groups is 1. The predicted octanol–water partition coefficient (Wildman–Crippen LogP) is 4.02. The van der Waals surface area contributed by atoms with Gasteiger partial charge in [-0.1, -0.05) is 19.9 Å². The monoisotopic (exact) mass is 236 g/mol. The molecule has 0 aromatic rings. The Balaban J connectivity index is 1.92. The van der Waals surface area contributed by atoms with Gasteiger partial charge in [-0.3, -0.25) is 0 Å². The molecule has 0 aromatic carbocycles. The molecule has 1 N–H and O–H groups in total. The van der Waals surface area contributed by atoms with E-state index in [0.29, 0.717) is 11.8 Å². The lowest BCUT2D eigenvalue weighted by Crippen LogP contribution is -2.38. The van der Waals surface area contributed by atoms with Crippen LogP contribution in [0.2, 0.25) is 0 Å². The van der Waals surface area contributed by atoms with Gasteiger partial charge in [0.25, 0.3) is 0 Å². The van der Waals surface area contributed by atoms with E-state index in [-0.39, 0.29) is 6.10 Å². The number of aliphatic hydroxyl groups excluding tert-OH is 1. The Morgan fingerprint density at radius 1 is 0.941 bits per heavy atom. The van der Waals surface area contributed by atoms with Crippen molar-refractivity contribution in [3.63, 3.8) is 0 Å². The zero-order chi connectivity index (χ0) is 12.4. The van der Waals surface area contributed by atoms with E-state index in [1.165, 1.54) is 32.1 Å². The van der Waals surface area contributed by atoms with E-state index in [2.05, 4.69) is 26.5 Å². The second-order valence-corrected chi connectivity index (χ2v) is 6.44. The molecule has 2 aliphatic carbocycles. The first-order valence-electron chi connectivity index (χ1n) is 7.44. The van der Waals surface area contributed by atoms with Gasteiger partial charge in [0.15, 0.2) is 0 Å². The molecule has 0 spiro atoms. The van der Waals surface area contributed by atoms with Crippen molar-refractivity contribution in [3.8, 4) is 0 Å². The summed E-state index contributed by atoms with van der Waals surface area (Å²) in [5.74, 6) is 3.73. The molecule has 17 heavy (non-hydrogen) atoms. The van der Waals surface area contributed by atoms with Crippen LogP contribution in [-0.2, 0) is 0 Å². The number of allylic oxidation sites excluding steroid dienone is 1. The van der Waals surface area contributed by atoms with Crippen molar-refractivity contribution in [1.82, 2.24) is 0 Å². The number of hydrogen-bond acceptors (Lipinski definition) is 1. The SMILES string of the molecule is C=CC1CCC(C2CCC(O)C(C)C2C)CC1. The third kappa shape index (κ3) is 2.76. The highest BCUT2D eigenvalue weighted by molar-refractivity contribution is 4.91. The molecule has 2 saturated carbocycles. The topological polar surface area (TPSA) is 20.2 Å². The van der Waals surface area contributed by atoms with Crippen molar-refractivity contribution < 1.29 is 5.11 Å².